The minimum atomic E-state index is -0.286. The first-order valence-electron chi connectivity index (χ1n) is 2.62. The molecule has 0 aromatic heterocycles. The molecule has 0 saturated heterocycles. The molecule has 0 radical (unpaired) electrons. The zero-order valence-corrected chi connectivity index (χ0v) is 5.74. The number of rotatable bonds is 0. The number of aryl methyl sites for hydroxylation is 1. The van der Waals surface area contributed by atoms with Crippen LogP contribution in [0.1, 0.15) is 13.0 Å². The van der Waals surface area contributed by atoms with E-state index < -0.39 is 0 Å². The molecule has 0 aliphatic rings. The number of benzene rings is 1. The van der Waals surface area contributed by atoms with Gasteiger partial charge in [0.2, 0.25) is 0 Å². The zero-order valence-electron chi connectivity index (χ0n) is 4.99. The Morgan fingerprint density at radius 2 is 2.00 bits per heavy atom. The average Bonchev–Trinajstić information content (AvgIpc) is 1.80. The molecule has 0 saturated carbocycles. The Labute approximate surface area is 65.6 Å². The number of hydrogen-bond donors (Lipinski definition) is 0. The molecular weight excluding hydrogens is 151 g/mol. The van der Waals surface area contributed by atoms with Crippen LogP contribution in [0.15, 0.2) is 18.2 Å². The van der Waals surface area contributed by atoms with Crippen LogP contribution < -0.4 is 0 Å². The lowest BCUT2D eigenvalue weighted by molar-refractivity contribution is 0.627. The summed E-state index contributed by atoms with van der Waals surface area (Å²) in [5.41, 5.74) is 0.901. The zero-order chi connectivity index (χ0) is 6.85. The van der Waals surface area contributed by atoms with Gasteiger partial charge in [-0.05, 0) is 24.6 Å². The smallest absolute Gasteiger partial charge is 0.124 e. The van der Waals surface area contributed by atoms with Crippen LogP contribution in [-0.4, -0.2) is 0 Å². The van der Waals surface area contributed by atoms with Gasteiger partial charge in [0.05, 0.1) is 0 Å². The molecule has 0 spiro atoms. The van der Waals surface area contributed by atoms with Crippen molar-refractivity contribution in [2.24, 2.45) is 0 Å². The van der Waals surface area contributed by atoms with E-state index in [1.165, 1.54) is 12.1 Å². The summed E-state index contributed by atoms with van der Waals surface area (Å²) in [5.74, 6) is -0.286. The van der Waals surface area contributed by atoms with E-state index in [4.69, 9.17) is 11.6 Å². The molecule has 1 rings (SSSR count). The van der Waals surface area contributed by atoms with Crippen molar-refractivity contribution in [2.75, 3.05) is 0 Å². The molecule has 0 amide bonds. The predicted octanol–water partition coefficient (Wildman–Crippen LogP) is 3.42. The second-order valence-corrected chi connectivity index (χ2v) is 2.30. The Balaban J connectivity index is 0.000000810. The minimum Gasteiger partial charge on any atom is -0.207 e. The van der Waals surface area contributed by atoms with Crippen LogP contribution in [0.2, 0.25) is 5.02 Å². The summed E-state index contributed by atoms with van der Waals surface area (Å²) >= 11 is 5.57. The third-order valence-electron chi connectivity index (χ3n) is 1.13. The highest BCUT2D eigenvalue weighted by atomic mass is 35.5. The Morgan fingerprint density at radius 3 is 2.40 bits per heavy atom. The van der Waals surface area contributed by atoms with E-state index in [0.29, 0.717) is 5.02 Å². The van der Waals surface area contributed by atoms with Crippen LogP contribution in [0.4, 0.5) is 4.39 Å². The van der Waals surface area contributed by atoms with Crippen molar-refractivity contribution in [1.29, 1.82) is 0 Å². The van der Waals surface area contributed by atoms with Crippen molar-refractivity contribution < 1.29 is 4.39 Å². The lowest BCUT2D eigenvalue weighted by Crippen LogP contribution is -1.76. The maximum absolute atomic E-state index is 12.3. The van der Waals surface area contributed by atoms with Crippen molar-refractivity contribution in [1.82, 2.24) is 0 Å². The largest absolute Gasteiger partial charge is 0.207 e. The molecule has 0 nitrogen and oxygen atoms in total. The minimum absolute atomic E-state index is 0. The van der Waals surface area contributed by atoms with Crippen molar-refractivity contribution in [2.45, 2.75) is 14.4 Å². The summed E-state index contributed by atoms with van der Waals surface area (Å²) in [6, 6.07) is 4.34. The summed E-state index contributed by atoms with van der Waals surface area (Å²) in [6.07, 6.45) is 0. The SMILES string of the molecule is C.Cc1ccc(F)cc1Cl. The fourth-order valence-corrected chi connectivity index (χ4v) is 0.734. The Morgan fingerprint density at radius 1 is 1.40 bits per heavy atom. The van der Waals surface area contributed by atoms with Gasteiger partial charge in [-0.15, -0.1) is 0 Å². The molecule has 2 heteroatoms. The third-order valence-corrected chi connectivity index (χ3v) is 1.54. The lowest BCUT2D eigenvalue weighted by atomic mass is 10.2. The van der Waals surface area contributed by atoms with Gasteiger partial charge in [-0.3, -0.25) is 0 Å². The maximum Gasteiger partial charge on any atom is 0.124 e. The molecule has 0 atom stereocenters. The fraction of sp³-hybridized carbons (Fsp3) is 0.250. The van der Waals surface area contributed by atoms with E-state index in [0.717, 1.165) is 5.56 Å². The van der Waals surface area contributed by atoms with Gasteiger partial charge in [0.15, 0.2) is 0 Å². The van der Waals surface area contributed by atoms with E-state index in [-0.39, 0.29) is 13.2 Å². The molecule has 1 aromatic carbocycles. The highest BCUT2D eigenvalue weighted by molar-refractivity contribution is 6.31. The molecule has 1 aromatic rings. The topological polar surface area (TPSA) is 0 Å². The molecule has 0 fully saturated rings. The van der Waals surface area contributed by atoms with Crippen LogP contribution in [0, 0.1) is 12.7 Å². The first-order valence-corrected chi connectivity index (χ1v) is 2.99. The van der Waals surface area contributed by atoms with Crippen LogP contribution in [0.3, 0.4) is 0 Å². The quantitative estimate of drug-likeness (QED) is 0.546. The summed E-state index contributed by atoms with van der Waals surface area (Å²) in [5, 5.41) is 0.481. The third kappa shape index (κ3) is 1.99. The van der Waals surface area contributed by atoms with Gasteiger partial charge >= 0.3 is 0 Å². The van der Waals surface area contributed by atoms with Gasteiger partial charge in [-0.25, -0.2) is 4.39 Å². The Hall–Kier alpha value is -0.560. The Kier molecular flexibility index (Phi) is 3.37. The second kappa shape index (κ2) is 3.57. The first kappa shape index (κ1) is 9.44. The van der Waals surface area contributed by atoms with Crippen LogP contribution >= 0.6 is 11.6 Å². The van der Waals surface area contributed by atoms with E-state index in [9.17, 15) is 4.39 Å². The monoisotopic (exact) mass is 160 g/mol. The highest BCUT2D eigenvalue weighted by Gasteiger charge is 1.94. The summed E-state index contributed by atoms with van der Waals surface area (Å²) < 4.78 is 12.3. The first-order chi connectivity index (χ1) is 4.20. The van der Waals surface area contributed by atoms with E-state index in [2.05, 4.69) is 0 Å². The van der Waals surface area contributed by atoms with E-state index in [1.807, 2.05) is 6.92 Å². The van der Waals surface area contributed by atoms with Crippen molar-refractivity contribution >= 4 is 11.6 Å². The van der Waals surface area contributed by atoms with Gasteiger partial charge in [0.25, 0.3) is 0 Å². The molecule has 0 N–H and O–H groups in total. The fourth-order valence-electron chi connectivity index (χ4n) is 0.567. The molecule has 0 aliphatic carbocycles. The lowest BCUT2D eigenvalue weighted by Gasteiger charge is -1.93. The molecule has 10 heavy (non-hydrogen) atoms. The summed E-state index contributed by atoms with van der Waals surface area (Å²) in [7, 11) is 0. The van der Waals surface area contributed by atoms with E-state index >= 15 is 0 Å². The van der Waals surface area contributed by atoms with Gasteiger partial charge in [0, 0.05) is 5.02 Å². The average molecular weight is 161 g/mol. The van der Waals surface area contributed by atoms with Gasteiger partial charge in [0.1, 0.15) is 5.82 Å². The number of halogens is 2. The van der Waals surface area contributed by atoms with Crippen LogP contribution in [-0.2, 0) is 0 Å². The Bertz CT molecular complexity index is 220. The molecular formula is C8H10ClF. The van der Waals surface area contributed by atoms with Crippen LogP contribution in [0.25, 0.3) is 0 Å². The second-order valence-electron chi connectivity index (χ2n) is 1.89. The highest BCUT2D eigenvalue weighted by Crippen LogP contribution is 2.14. The molecule has 56 valence electrons. The maximum atomic E-state index is 12.3. The van der Waals surface area contributed by atoms with Gasteiger partial charge in [-0.2, -0.15) is 0 Å². The summed E-state index contributed by atoms with van der Waals surface area (Å²) in [6.45, 7) is 1.84. The molecule has 0 heterocycles. The molecule has 0 bridgehead atoms. The summed E-state index contributed by atoms with van der Waals surface area (Å²) in [4.78, 5) is 0. The van der Waals surface area contributed by atoms with E-state index in [1.54, 1.807) is 6.07 Å². The van der Waals surface area contributed by atoms with Gasteiger partial charge < -0.3 is 0 Å². The molecule has 0 unspecified atom stereocenters. The van der Waals surface area contributed by atoms with Crippen LogP contribution in [0.5, 0.6) is 0 Å². The normalized spacial score (nSPS) is 8.70. The van der Waals surface area contributed by atoms with Crippen molar-refractivity contribution in [3.05, 3.63) is 34.6 Å². The standard InChI is InChI=1S/C7H6ClF.CH4/c1-5-2-3-6(9)4-7(5)8;/h2-4H,1H3;1H4. The number of hydrogen-bond acceptors (Lipinski definition) is 0. The van der Waals surface area contributed by atoms with Gasteiger partial charge in [-0.1, -0.05) is 25.1 Å². The van der Waals surface area contributed by atoms with Crippen molar-refractivity contribution in [3.8, 4) is 0 Å². The molecule has 0 aliphatic heterocycles. The predicted molar refractivity (Wildman–Crippen MR) is 42.9 cm³/mol. The van der Waals surface area contributed by atoms with Crippen molar-refractivity contribution in [3.63, 3.8) is 0 Å².